The van der Waals surface area contributed by atoms with Crippen molar-refractivity contribution in [2.45, 2.75) is 5.92 Å². The second kappa shape index (κ2) is 10.4. The summed E-state index contributed by atoms with van der Waals surface area (Å²) in [6.07, 6.45) is 1.55. The van der Waals surface area contributed by atoms with Crippen molar-refractivity contribution in [1.29, 1.82) is 0 Å². The van der Waals surface area contributed by atoms with Crippen LogP contribution in [0.2, 0.25) is 0 Å². The number of amides is 1. The summed E-state index contributed by atoms with van der Waals surface area (Å²) < 4.78 is 0. The number of hydrogen-bond acceptors (Lipinski definition) is 4. The molecular weight excluding hydrogens is 432 g/mol. The first-order valence-electron chi connectivity index (χ1n) is 11.4. The van der Waals surface area contributed by atoms with E-state index in [1.54, 1.807) is 6.33 Å². The van der Waals surface area contributed by atoms with E-state index < -0.39 is 5.92 Å². The van der Waals surface area contributed by atoms with Crippen LogP contribution in [0.1, 0.15) is 17.0 Å². The molecule has 0 fully saturated rings. The summed E-state index contributed by atoms with van der Waals surface area (Å²) in [5.74, 6) is 0.225. The van der Waals surface area contributed by atoms with Gasteiger partial charge >= 0.3 is 0 Å². The summed E-state index contributed by atoms with van der Waals surface area (Å²) in [6, 6.07) is 39.1. The minimum Gasteiger partial charge on any atom is -0.340 e. The summed E-state index contributed by atoms with van der Waals surface area (Å²) in [5.41, 5.74) is 5.37. The molecule has 0 bridgehead atoms. The normalized spacial score (nSPS) is 10.7. The van der Waals surface area contributed by atoms with Crippen molar-refractivity contribution < 1.29 is 4.79 Å². The molecule has 0 atom stereocenters. The van der Waals surface area contributed by atoms with E-state index >= 15 is 0 Å². The van der Waals surface area contributed by atoms with Crippen LogP contribution in [0.15, 0.2) is 128 Å². The molecule has 0 saturated carbocycles. The average Bonchev–Trinajstić information content (AvgIpc) is 2.92. The zero-order chi connectivity index (χ0) is 23.9. The highest BCUT2D eigenvalue weighted by atomic mass is 16.1. The molecule has 5 rings (SSSR count). The Labute approximate surface area is 204 Å². The quantitative estimate of drug-likeness (QED) is 0.287. The first kappa shape index (κ1) is 22.0. The molecule has 2 N–H and O–H groups in total. The van der Waals surface area contributed by atoms with E-state index in [1.807, 2.05) is 121 Å². The van der Waals surface area contributed by atoms with Gasteiger partial charge in [0, 0.05) is 23.0 Å². The van der Waals surface area contributed by atoms with E-state index in [4.69, 9.17) is 0 Å². The molecular formula is C30H24N4O. The van der Waals surface area contributed by atoms with Crippen LogP contribution in [0, 0.1) is 0 Å². The lowest BCUT2D eigenvalue weighted by molar-refractivity contribution is -0.116. The van der Waals surface area contributed by atoms with Crippen LogP contribution >= 0.6 is 0 Å². The fourth-order valence-corrected chi connectivity index (χ4v) is 3.98. The van der Waals surface area contributed by atoms with Crippen molar-refractivity contribution in [3.05, 3.63) is 139 Å². The summed E-state index contributed by atoms with van der Waals surface area (Å²) in [6.45, 7) is 0. The number of benzene rings is 4. The maximum atomic E-state index is 13.3. The molecule has 0 aliphatic heterocycles. The highest BCUT2D eigenvalue weighted by Gasteiger charge is 2.22. The molecule has 1 amide bonds. The number of carbonyl (C=O) groups is 1. The maximum absolute atomic E-state index is 13.3. The Morgan fingerprint density at radius 1 is 0.629 bits per heavy atom. The third-order valence-electron chi connectivity index (χ3n) is 5.69. The molecule has 0 radical (unpaired) electrons. The van der Waals surface area contributed by atoms with Gasteiger partial charge in [-0.25, -0.2) is 9.97 Å². The lowest BCUT2D eigenvalue weighted by atomic mass is 9.90. The van der Waals surface area contributed by atoms with Gasteiger partial charge in [-0.3, -0.25) is 4.79 Å². The van der Waals surface area contributed by atoms with Gasteiger partial charge in [-0.15, -0.1) is 0 Å². The summed E-state index contributed by atoms with van der Waals surface area (Å²) in [7, 11) is 0. The highest BCUT2D eigenvalue weighted by molar-refractivity contribution is 5.98. The Bertz CT molecular complexity index is 1350. The van der Waals surface area contributed by atoms with Gasteiger partial charge in [-0.05, 0) is 35.4 Å². The maximum Gasteiger partial charge on any atom is 0.236 e. The molecule has 170 valence electrons. The van der Waals surface area contributed by atoms with Crippen LogP contribution < -0.4 is 10.6 Å². The predicted molar refractivity (Wildman–Crippen MR) is 141 cm³/mol. The van der Waals surface area contributed by atoms with Crippen molar-refractivity contribution in [2.24, 2.45) is 0 Å². The summed E-state index contributed by atoms with van der Waals surface area (Å²) in [5, 5.41) is 6.37. The Balaban J connectivity index is 1.30. The first-order valence-corrected chi connectivity index (χ1v) is 11.4. The second-order valence-electron chi connectivity index (χ2n) is 8.10. The zero-order valence-corrected chi connectivity index (χ0v) is 19.0. The largest absolute Gasteiger partial charge is 0.340 e. The van der Waals surface area contributed by atoms with Gasteiger partial charge in [-0.1, -0.05) is 91.0 Å². The minimum absolute atomic E-state index is 0.0774. The van der Waals surface area contributed by atoms with Crippen LogP contribution in [0.25, 0.3) is 11.3 Å². The zero-order valence-electron chi connectivity index (χ0n) is 19.0. The van der Waals surface area contributed by atoms with E-state index in [2.05, 4.69) is 20.6 Å². The molecule has 0 spiro atoms. The van der Waals surface area contributed by atoms with Crippen molar-refractivity contribution in [1.82, 2.24) is 9.97 Å². The van der Waals surface area contributed by atoms with Crippen molar-refractivity contribution >= 4 is 23.1 Å². The molecule has 5 aromatic rings. The second-order valence-corrected chi connectivity index (χ2v) is 8.10. The molecule has 1 heterocycles. The van der Waals surface area contributed by atoms with Crippen LogP contribution in [0.3, 0.4) is 0 Å². The standard InChI is InChI=1S/C30H24N4O/c35-30(29(23-12-6-2-7-13-23)24-14-8-3-9-15-24)34-26-18-16-25(17-19-26)33-28-20-27(31-21-32-28)22-10-4-1-5-11-22/h1-21,29H,(H,34,35)(H,31,32,33). The highest BCUT2D eigenvalue weighted by Crippen LogP contribution is 2.27. The first-order chi connectivity index (χ1) is 17.3. The van der Waals surface area contributed by atoms with E-state index in [0.717, 1.165) is 33.8 Å². The van der Waals surface area contributed by atoms with Gasteiger partial charge in [-0.2, -0.15) is 0 Å². The van der Waals surface area contributed by atoms with Crippen LogP contribution in [0.4, 0.5) is 17.2 Å². The van der Waals surface area contributed by atoms with Gasteiger partial charge in [0.05, 0.1) is 11.6 Å². The lowest BCUT2D eigenvalue weighted by Gasteiger charge is -2.18. The third-order valence-corrected chi connectivity index (χ3v) is 5.69. The molecule has 35 heavy (non-hydrogen) atoms. The van der Waals surface area contributed by atoms with Gasteiger partial charge in [0.2, 0.25) is 5.91 Å². The SMILES string of the molecule is O=C(Nc1ccc(Nc2cc(-c3ccccc3)ncn2)cc1)C(c1ccccc1)c1ccccc1. The topological polar surface area (TPSA) is 66.9 Å². The van der Waals surface area contributed by atoms with Gasteiger partial charge < -0.3 is 10.6 Å². The van der Waals surface area contributed by atoms with Crippen molar-refractivity contribution in [2.75, 3.05) is 10.6 Å². The molecule has 0 aliphatic rings. The molecule has 5 nitrogen and oxygen atoms in total. The van der Waals surface area contributed by atoms with E-state index in [9.17, 15) is 4.79 Å². The number of hydrogen-bond donors (Lipinski definition) is 2. The molecule has 0 unspecified atom stereocenters. The minimum atomic E-state index is -0.396. The van der Waals surface area contributed by atoms with Crippen LogP contribution in [0.5, 0.6) is 0 Å². The van der Waals surface area contributed by atoms with Crippen molar-refractivity contribution in [3.8, 4) is 11.3 Å². The fourth-order valence-electron chi connectivity index (χ4n) is 3.98. The number of aromatic nitrogens is 2. The van der Waals surface area contributed by atoms with Crippen molar-refractivity contribution in [3.63, 3.8) is 0 Å². The van der Waals surface area contributed by atoms with E-state index in [1.165, 1.54) is 0 Å². The number of rotatable bonds is 7. The average molecular weight is 457 g/mol. The summed E-state index contributed by atoms with van der Waals surface area (Å²) >= 11 is 0. The number of nitrogens with zero attached hydrogens (tertiary/aromatic N) is 2. The molecule has 1 aromatic heterocycles. The molecule has 4 aromatic carbocycles. The predicted octanol–water partition coefficient (Wildman–Crippen LogP) is 6.66. The van der Waals surface area contributed by atoms with E-state index in [0.29, 0.717) is 5.82 Å². The number of carbonyl (C=O) groups excluding carboxylic acids is 1. The molecule has 0 saturated heterocycles. The molecule has 5 heteroatoms. The van der Waals surface area contributed by atoms with Crippen LogP contribution in [-0.2, 0) is 4.79 Å². The Kier molecular flexibility index (Phi) is 6.58. The van der Waals surface area contributed by atoms with Crippen LogP contribution in [-0.4, -0.2) is 15.9 Å². The monoisotopic (exact) mass is 456 g/mol. The Hall–Kier alpha value is -4.77. The van der Waals surface area contributed by atoms with Gasteiger partial charge in [0.15, 0.2) is 0 Å². The Morgan fingerprint density at radius 3 is 1.77 bits per heavy atom. The number of nitrogens with one attached hydrogen (secondary N) is 2. The van der Waals surface area contributed by atoms with E-state index in [-0.39, 0.29) is 5.91 Å². The smallest absolute Gasteiger partial charge is 0.236 e. The molecule has 0 aliphatic carbocycles. The third kappa shape index (κ3) is 5.42. The fraction of sp³-hybridized carbons (Fsp3) is 0.0333. The lowest BCUT2D eigenvalue weighted by Crippen LogP contribution is -2.22. The van der Waals surface area contributed by atoms with Gasteiger partial charge in [0.25, 0.3) is 0 Å². The number of anilines is 3. The summed E-state index contributed by atoms with van der Waals surface area (Å²) in [4.78, 5) is 22.0. The Morgan fingerprint density at radius 2 is 1.17 bits per heavy atom. The van der Waals surface area contributed by atoms with Gasteiger partial charge in [0.1, 0.15) is 12.1 Å².